The number of sulfone groups is 1. The van der Waals surface area contributed by atoms with Gasteiger partial charge in [0.2, 0.25) is 9.84 Å². The second-order valence-electron chi connectivity index (χ2n) is 4.34. The van der Waals surface area contributed by atoms with Crippen LogP contribution in [0.15, 0.2) is 51.7 Å². The molecule has 102 valence electrons. The first-order valence-electron chi connectivity index (χ1n) is 5.91. The van der Waals surface area contributed by atoms with Crippen molar-refractivity contribution < 1.29 is 8.42 Å². The minimum atomic E-state index is -3.76. The molecule has 20 heavy (non-hydrogen) atoms. The number of benzene rings is 1. The van der Waals surface area contributed by atoms with Gasteiger partial charge in [0, 0.05) is 4.88 Å². The maximum atomic E-state index is 12.5. The van der Waals surface area contributed by atoms with E-state index in [0.717, 1.165) is 10.4 Å². The minimum Gasteiger partial charge on any atom is -0.230 e. The van der Waals surface area contributed by atoms with E-state index in [-0.39, 0.29) is 9.92 Å². The number of thiophene rings is 1. The molecule has 0 unspecified atom stereocenters. The Kier molecular flexibility index (Phi) is 4.07. The molecule has 0 radical (unpaired) electrons. The van der Waals surface area contributed by atoms with E-state index in [9.17, 15) is 8.42 Å². The number of rotatable bonds is 3. The first kappa shape index (κ1) is 14.5. The highest BCUT2D eigenvalue weighted by molar-refractivity contribution is 7.95. The van der Waals surface area contributed by atoms with Gasteiger partial charge < -0.3 is 0 Å². The molecule has 1 aromatic heterocycles. The van der Waals surface area contributed by atoms with Crippen molar-refractivity contribution >= 4 is 26.7 Å². The lowest BCUT2D eigenvalue weighted by atomic mass is 10.2. The van der Waals surface area contributed by atoms with Crippen LogP contribution in [0.3, 0.4) is 0 Å². The van der Waals surface area contributed by atoms with Crippen LogP contribution < -0.4 is 0 Å². The Bertz CT molecular complexity index is 777. The van der Waals surface area contributed by atoms with Gasteiger partial charge in [0.25, 0.3) is 5.03 Å². The van der Waals surface area contributed by atoms with Crippen molar-refractivity contribution in [3.8, 4) is 0 Å². The van der Waals surface area contributed by atoms with E-state index < -0.39 is 9.84 Å². The zero-order valence-corrected chi connectivity index (χ0v) is 12.8. The number of nitrogens with zero attached hydrogens (tertiary/aromatic N) is 1. The van der Waals surface area contributed by atoms with E-state index in [0.29, 0.717) is 5.57 Å². The molecule has 0 atom stereocenters. The van der Waals surface area contributed by atoms with E-state index in [1.165, 1.54) is 23.5 Å². The van der Waals surface area contributed by atoms with Gasteiger partial charge >= 0.3 is 0 Å². The smallest absolute Gasteiger partial charge is 0.230 e. The van der Waals surface area contributed by atoms with Gasteiger partial charge in [0.1, 0.15) is 0 Å². The minimum absolute atomic E-state index is 0.157. The Hall–Kier alpha value is -1.90. The molecule has 5 heteroatoms. The number of hydrogen-bond acceptors (Lipinski definition) is 3. The Balaban J connectivity index is 2.60. The molecule has 0 saturated carbocycles. The molecule has 0 aliphatic heterocycles. The topological polar surface area (TPSA) is 38.5 Å². The molecule has 0 fully saturated rings. The zero-order valence-electron chi connectivity index (χ0n) is 11.1. The zero-order chi connectivity index (χ0) is 14.8. The molecular formula is C15H13NO2S2. The van der Waals surface area contributed by atoms with Gasteiger partial charge in [-0.25, -0.2) is 13.3 Å². The summed E-state index contributed by atoms with van der Waals surface area (Å²) in [5, 5.41) is 1.66. The number of allylic oxidation sites excluding steroid dienone is 1. The third kappa shape index (κ3) is 2.67. The van der Waals surface area contributed by atoms with Gasteiger partial charge in [-0.3, -0.25) is 0 Å². The van der Waals surface area contributed by atoms with Crippen LogP contribution in [0, 0.1) is 13.5 Å². The monoisotopic (exact) mass is 303 g/mol. The summed E-state index contributed by atoms with van der Waals surface area (Å²) >= 11 is 1.42. The Morgan fingerprint density at radius 3 is 2.35 bits per heavy atom. The lowest BCUT2D eigenvalue weighted by molar-refractivity contribution is 0.603. The number of aryl methyl sites for hydroxylation is 1. The van der Waals surface area contributed by atoms with Crippen molar-refractivity contribution in [2.24, 2.45) is 0 Å². The fraction of sp³-hybridized carbons (Fsp3) is 0.133. The Morgan fingerprint density at radius 2 is 1.85 bits per heavy atom. The molecule has 0 N–H and O–H groups in total. The summed E-state index contributed by atoms with van der Waals surface area (Å²) in [6, 6.07) is 10.2. The van der Waals surface area contributed by atoms with E-state index in [4.69, 9.17) is 6.57 Å². The summed E-state index contributed by atoms with van der Waals surface area (Å²) in [5.41, 5.74) is 1.47. The van der Waals surface area contributed by atoms with Gasteiger partial charge in [0.15, 0.2) is 0 Å². The molecule has 0 spiro atoms. The van der Waals surface area contributed by atoms with Crippen molar-refractivity contribution in [1.82, 2.24) is 0 Å². The lowest BCUT2D eigenvalue weighted by Crippen LogP contribution is -2.04. The predicted octanol–water partition coefficient (Wildman–Crippen LogP) is 4.14. The van der Waals surface area contributed by atoms with Crippen molar-refractivity contribution in [1.29, 1.82) is 0 Å². The highest BCUT2D eigenvalue weighted by atomic mass is 32.2. The van der Waals surface area contributed by atoms with Gasteiger partial charge in [0.05, 0.1) is 11.5 Å². The van der Waals surface area contributed by atoms with Crippen LogP contribution >= 0.6 is 11.3 Å². The first-order chi connectivity index (χ1) is 9.46. The summed E-state index contributed by atoms with van der Waals surface area (Å²) < 4.78 is 25.1. The third-order valence-corrected chi connectivity index (χ3v) is 5.69. The molecule has 0 aliphatic rings. The molecule has 0 amide bonds. The highest BCUT2D eigenvalue weighted by Gasteiger charge is 2.24. The van der Waals surface area contributed by atoms with Crippen LogP contribution in [0.4, 0.5) is 0 Å². The van der Waals surface area contributed by atoms with Crippen LogP contribution in [0.5, 0.6) is 0 Å². The molecule has 1 heterocycles. The average molecular weight is 303 g/mol. The van der Waals surface area contributed by atoms with Crippen LogP contribution in [0.25, 0.3) is 10.4 Å². The van der Waals surface area contributed by atoms with Crippen molar-refractivity contribution in [2.75, 3.05) is 0 Å². The van der Waals surface area contributed by atoms with Crippen LogP contribution in [-0.4, -0.2) is 8.42 Å². The molecule has 1 aromatic carbocycles. The third-order valence-electron chi connectivity index (χ3n) is 2.90. The summed E-state index contributed by atoms with van der Waals surface area (Å²) in [7, 11) is -3.76. The van der Waals surface area contributed by atoms with E-state index >= 15 is 0 Å². The molecule has 2 rings (SSSR count). The normalized spacial score (nSPS) is 12.7. The summed E-state index contributed by atoms with van der Waals surface area (Å²) in [6.07, 6.45) is 0. The largest absolute Gasteiger partial charge is 0.287 e. The van der Waals surface area contributed by atoms with Crippen molar-refractivity contribution in [3.05, 3.63) is 68.7 Å². The van der Waals surface area contributed by atoms with E-state index in [2.05, 4.69) is 4.85 Å². The maximum absolute atomic E-state index is 12.5. The Morgan fingerprint density at radius 1 is 1.20 bits per heavy atom. The second kappa shape index (κ2) is 5.61. The molecule has 2 aromatic rings. The quantitative estimate of drug-likeness (QED) is 0.799. The molecule has 0 aliphatic carbocycles. The van der Waals surface area contributed by atoms with Gasteiger partial charge in [-0.05, 0) is 43.0 Å². The second-order valence-corrected chi connectivity index (χ2v) is 7.15. The standard InChI is InChI=1S/C15H13NO2S2/c1-11-6-8-13(9-7-11)20(17,18)15(16-3)12(2)14-5-4-10-19-14/h4-10H,1-2H3. The molecular weight excluding hydrogens is 290 g/mol. The first-order valence-corrected chi connectivity index (χ1v) is 8.27. The molecule has 3 nitrogen and oxygen atoms in total. The van der Waals surface area contributed by atoms with E-state index in [1.807, 2.05) is 24.4 Å². The fourth-order valence-corrected chi connectivity index (χ4v) is 3.92. The average Bonchev–Trinajstić information content (AvgIpc) is 2.93. The van der Waals surface area contributed by atoms with Crippen LogP contribution in [0.2, 0.25) is 0 Å². The molecule has 0 bridgehead atoms. The number of hydrogen-bond donors (Lipinski definition) is 0. The Labute approximate surface area is 122 Å². The lowest BCUT2D eigenvalue weighted by Gasteiger charge is -2.06. The fourth-order valence-electron chi connectivity index (χ4n) is 1.77. The van der Waals surface area contributed by atoms with Gasteiger partial charge in [-0.2, -0.15) is 0 Å². The predicted molar refractivity (Wildman–Crippen MR) is 81.9 cm³/mol. The van der Waals surface area contributed by atoms with Crippen molar-refractivity contribution in [2.45, 2.75) is 18.7 Å². The van der Waals surface area contributed by atoms with Gasteiger partial charge in [-0.15, -0.1) is 11.3 Å². The summed E-state index contributed by atoms with van der Waals surface area (Å²) in [4.78, 5) is 4.22. The summed E-state index contributed by atoms with van der Waals surface area (Å²) in [6.45, 7) is 10.8. The van der Waals surface area contributed by atoms with Crippen LogP contribution in [0.1, 0.15) is 17.4 Å². The van der Waals surface area contributed by atoms with Gasteiger partial charge in [-0.1, -0.05) is 23.8 Å². The SMILES string of the molecule is [C-]#[N+]C(=C(C)c1cccs1)S(=O)(=O)c1ccc(C)cc1. The summed E-state index contributed by atoms with van der Waals surface area (Å²) in [5.74, 6) is 0. The van der Waals surface area contributed by atoms with E-state index in [1.54, 1.807) is 19.1 Å². The maximum Gasteiger partial charge on any atom is 0.287 e. The highest BCUT2D eigenvalue weighted by Crippen LogP contribution is 2.30. The molecule has 0 saturated heterocycles. The van der Waals surface area contributed by atoms with Crippen LogP contribution in [-0.2, 0) is 9.84 Å². The van der Waals surface area contributed by atoms with Crippen molar-refractivity contribution in [3.63, 3.8) is 0 Å².